The number of anilines is 1. The summed E-state index contributed by atoms with van der Waals surface area (Å²) in [6, 6.07) is 8.85. The number of halogens is 1. The highest BCUT2D eigenvalue weighted by Gasteiger charge is 2.18. The smallest absolute Gasteiger partial charge is 0.243 e. The van der Waals surface area contributed by atoms with Crippen LogP contribution >= 0.6 is 27.3 Å². The predicted molar refractivity (Wildman–Crippen MR) is 106 cm³/mol. The number of hydrogen-bond acceptors (Lipinski definition) is 4. The number of nitrogens with one attached hydrogen (secondary N) is 3. The van der Waals surface area contributed by atoms with Gasteiger partial charge < -0.3 is 16.0 Å². The minimum Gasteiger partial charge on any atom is -0.348 e. The summed E-state index contributed by atoms with van der Waals surface area (Å²) in [5.74, 6) is -0.824. The van der Waals surface area contributed by atoms with Crippen LogP contribution in [-0.4, -0.2) is 24.3 Å². The third kappa shape index (κ3) is 6.27. The second kappa shape index (κ2) is 9.49. The van der Waals surface area contributed by atoms with Crippen LogP contribution in [0.5, 0.6) is 0 Å². The van der Waals surface area contributed by atoms with Gasteiger partial charge in [0.2, 0.25) is 17.7 Å². The van der Waals surface area contributed by atoms with Gasteiger partial charge in [-0.15, -0.1) is 11.3 Å². The first-order valence-corrected chi connectivity index (χ1v) is 9.65. The van der Waals surface area contributed by atoms with E-state index in [1.54, 1.807) is 6.07 Å². The van der Waals surface area contributed by atoms with E-state index in [1.165, 1.54) is 18.3 Å². The van der Waals surface area contributed by atoms with Crippen molar-refractivity contribution in [1.29, 1.82) is 0 Å². The molecular weight excluding hydrogens is 418 g/mol. The molecule has 6 nitrogen and oxygen atoms in total. The van der Waals surface area contributed by atoms with Crippen LogP contribution in [0, 0.1) is 6.92 Å². The van der Waals surface area contributed by atoms with E-state index >= 15 is 0 Å². The number of thiophene rings is 1. The Labute approximate surface area is 164 Å². The molecule has 0 unspecified atom stereocenters. The predicted octanol–water partition coefficient (Wildman–Crippen LogP) is 3.14. The van der Waals surface area contributed by atoms with E-state index in [4.69, 9.17) is 0 Å². The lowest BCUT2D eigenvalue weighted by Gasteiger charge is -2.16. The summed E-state index contributed by atoms with van der Waals surface area (Å²) in [5, 5.41) is 10.0. The van der Waals surface area contributed by atoms with E-state index in [2.05, 4.69) is 31.9 Å². The van der Waals surface area contributed by atoms with Crippen molar-refractivity contribution in [2.24, 2.45) is 0 Å². The van der Waals surface area contributed by atoms with Crippen molar-refractivity contribution in [3.63, 3.8) is 0 Å². The van der Waals surface area contributed by atoms with Gasteiger partial charge in [0.1, 0.15) is 0 Å². The van der Waals surface area contributed by atoms with Gasteiger partial charge in [-0.3, -0.25) is 14.4 Å². The van der Waals surface area contributed by atoms with Crippen LogP contribution in [0.4, 0.5) is 5.69 Å². The van der Waals surface area contributed by atoms with E-state index in [0.29, 0.717) is 5.69 Å². The monoisotopic (exact) mass is 437 g/mol. The lowest BCUT2D eigenvalue weighted by atomic mass is 10.1. The fourth-order valence-electron chi connectivity index (χ4n) is 2.36. The standard InChI is InChI=1S/C18H20BrN3O3S/c1-11-8-13(19)5-6-14(11)22-18(25)10-20-17(24)9-15(21-12(2)23)16-4-3-7-26-16/h3-8,15H,9-10H2,1-2H3,(H,20,24)(H,21,23)(H,22,25)/t15-/m0/s1. The highest BCUT2D eigenvalue weighted by atomic mass is 79.9. The molecule has 26 heavy (non-hydrogen) atoms. The molecule has 0 aliphatic carbocycles. The second-order valence-corrected chi connectivity index (χ2v) is 7.65. The van der Waals surface area contributed by atoms with Crippen LogP contribution in [0.15, 0.2) is 40.2 Å². The number of rotatable bonds is 7. The molecule has 0 aliphatic heterocycles. The molecule has 1 atom stereocenters. The van der Waals surface area contributed by atoms with Crippen LogP contribution in [0.3, 0.4) is 0 Å². The molecule has 2 rings (SSSR count). The molecule has 0 saturated heterocycles. The van der Waals surface area contributed by atoms with Gasteiger partial charge in [0.25, 0.3) is 0 Å². The molecule has 0 spiro atoms. The first kappa shape index (κ1) is 20.1. The summed E-state index contributed by atoms with van der Waals surface area (Å²) < 4.78 is 0.930. The fraction of sp³-hybridized carbons (Fsp3) is 0.278. The molecule has 3 amide bonds. The Morgan fingerprint density at radius 2 is 1.96 bits per heavy atom. The summed E-state index contributed by atoms with van der Waals surface area (Å²) in [7, 11) is 0. The van der Waals surface area contributed by atoms with Crippen molar-refractivity contribution >= 4 is 50.7 Å². The number of hydrogen-bond donors (Lipinski definition) is 3. The molecule has 2 aromatic rings. The number of aryl methyl sites for hydroxylation is 1. The Hall–Kier alpha value is -2.19. The van der Waals surface area contributed by atoms with Crippen molar-refractivity contribution < 1.29 is 14.4 Å². The maximum atomic E-state index is 12.2. The Kier molecular flexibility index (Phi) is 7.35. The Bertz CT molecular complexity index is 793. The maximum Gasteiger partial charge on any atom is 0.243 e. The van der Waals surface area contributed by atoms with Crippen molar-refractivity contribution in [2.45, 2.75) is 26.3 Å². The first-order chi connectivity index (χ1) is 12.3. The summed E-state index contributed by atoms with van der Waals surface area (Å²) in [5.41, 5.74) is 1.62. The molecule has 0 radical (unpaired) electrons. The van der Waals surface area contributed by atoms with E-state index in [1.807, 2.05) is 36.6 Å². The van der Waals surface area contributed by atoms with E-state index in [0.717, 1.165) is 14.9 Å². The molecule has 0 saturated carbocycles. The van der Waals surface area contributed by atoms with E-state index < -0.39 is 6.04 Å². The third-order valence-electron chi connectivity index (χ3n) is 3.56. The topological polar surface area (TPSA) is 87.3 Å². The zero-order valence-corrected chi connectivity index (χ0v) is 16.9. The molecule has 8 heteroatoms. The molecule has 1 aromatic carbocycles. The summed E-state index contributed by atoms with van der Waals surface area (Å²) in [4.78, 5) is 36.4. The molecule has 3 N–H and O–H groups in total. The van der Waals surface area contributed by atoms with Crippen LogP contribution < -0.4 is 16.0 Å². The Balaban J connectivity index is 1.86. The molecule has 1 aromatic heterocycles. The van der Waals surface area contributed by atoms with Gasteiger partial charge in [0.15, 0.2) is 0 Å². The SMILES string of the molecule is CC(=O)N[C@@H](CC(=O)NCC(=O)Nc1ccc(Br)cc1C)c1cccs1. The van der Waals surface area contributed by atoms with Gasteiger partial charge in [-0.2, -0.15) is 0 Å². The van der Waals surface area contributed by atoms with E-state index in [-0.39, 0.29) is 30.7 Å². The molecule has 0 bridgehead atoms. The Morgan fingerprint density at radius 1 is 1.19 bits per heavy atom. The fourth-order valence-corrected chi connectivity index (χ4v) is 3.61. The summed E-state index contributed by atoms with van der Waals surface area (Å²) >= 11 is 4.84. The highest BCUT2D eigenvalue weighted by Crippen LogP contribution is 2.22. The van der Waals surface area contributed by atoms with Crippen molar-refractivity contribution in [1.82, 2.24) is 10.6 Å². The lowest BCUT2D eigenvalue weighted by molar-refractivity contribution is -0.125. The van der Waals surface area contributed by atoms with Crippen LogP contribution in [0.1, 0.15) is 29.8 Å². The zero-order valence-electron chi connectivity index (χ0n) is 14.5. The second-order valence-electron chi connectivity index (χ2n) is 5.76. The molecule has 0 aliphatic rings. The molecule has 1 heterocycles. The van der Waals surface area contributed by atoms with Crippen LogP contribution in [0.2, 0.25) is 0 Å². The van der Waals surface area contributed by atoms with Crippen molar-refractivity contribution in [2.75, 3.05) is 11.9 Å². The lowest BCUT2D eigenvalue weighted by Crippen LogP contribution is -2.36. The molecule has 0 fully saturated rings. The molecular formula is C18H20BrN3O3S. The van der Waals surface area contributed by atoms with Gasteiger partial charge in [-0.25, -0.2) is 0 Å². The summed E-state index contributed by atoms with van der Waals surface area (Å²) in [6.45, 7) is 3.16. The largest absolute Gasteiger partial charge is 0.348 e. The minimum absolute atomic E-state index is 0.0741. The first-order valence-electron chi connectivity index (χ1n) is 7.98. The summed E-state index contributed by atoms with van der Waals surface area (Å²) in [6.07, 6.45) is 0.0741. The van der Waals surface area contributed by atoms with Crippen LogP contribution in [0.25, 0.3) is 0 Å². The maximum absolute atomic E-state index is 12.2. The highest BCUT2D eigenvalue weighted by molar-refractivity contribution is 9.10. The Morgan fingerprint density at radius 3 is 2.58 bits per heavy atom. The number of benzene rings is 1. The van der Waals surface area contributed by atoms with Gasteiger partial charge in [0.05, 0.1) is 19.0 Å². The van der Waals surface area contributed by atoms with Gasteiger partial charge >= 0.3 is 0 Å². The van der Waals surface area contributed by atoms with Gasteiger partial charge in [0, 0.05) is 22.0 Å². The quantitative estimate of drug-likeness (QED) is 0.621. The number of amides is 3. The number of carbonyl (C=O) groups is 3. The normalized spacial score (nSPS) is 11.5. The minimum atomic E-state index is -0.399. The zero-order chi connectivity index (χ0) is 19.1. The van der Waals surface area contributed by atoms with Crippen molar-refractivity contribution in [3.8, 4) is 0 Å². The molecule has 138 valence electrons. The van der Waals surface area contributed by atoms with Gasteiger partial charge in [-0.05, 0) is 42.1 Å². The number of carbonyl (C=O) groups excluding carboxylic acids is 3. The van der Waals surface area contributed by atoms with Crippen molar-refractivity contribution in [3.05, 3.63) is 50.6 Å². The van der Waals surface area contributed by atoms with Crippen LogP contribution in [-0.2, 0) is 14.4 Å². The average Bonchev–Trinajstić information content (AvgIpc) is 3.09. The average molecular weight is 438 g/mol. The van der Waals surface area contributed by atoms with Gasteiger partial charge in [-0.1, -0.05) is 22.0 Å². The van der Waals surface area contributed by atoms with E-state index in [9.17, 15) is 14.4 Å². The third-order valence-corrected chi connectivity index (χ3v) is 5.04.